The lowest BCUT2D eigenvalue weighted by Gasteiger charge is -2.06. The quantitative estimate of drug-likeness (QED) is 0.396. The Morgan fingerprint density at radius 1 is 1.45 bits per heavy atom. The standard InChI is InChI=1S/C13H16N4O2S/c1-9-3-4-12(11(14)7-9)20-6-5-16-10(2)15-8-13(16)17(18)19/h3-4,7-8H,5-6,14H2,1-2H3. The summed E-state index contributed by atoms with van der Waals surface area (Å²) in [5.41, 5.74) is 7.80. The Morgan fingerprint density at radius 2 is 2.20 bits per heavy atom. The van der Waals surface area contributed by atoms with Gasteiger partial charge in [0.1, 0.15) is 12.7 Å². The number of hydrogen-bond donors (Lipinski definition) is 1. The Morgan fingerprint density at radius 3 is 2.85 bits per heavy atom. The highest BCUT2D eigenvalue weighted by molar-refractivity contribution is 7.99. The van der Waals surface area contributed by atoms with E-state index in [-0.39, 0.29) is 5.82 Å². The zero-order valence-corrected chi connectivity index (χ0v) is 12.2. The van der Waals surface area contributed by atoms with Crippen molar-refractivity contribution < 1.29 is 4.92 Å². The van der Waals surface area contributed by atoms with Crippen molar-refractivity contribution in [3.8, 4) is 0 Å². The SMILES string of the molecule is Cc1ccc(SCCn2c([N+](=O)[O-])cnc2C)c(N)c1. The van der Waals surface area contributed by atoms with Crippen LogP contribution in [-0.2, 0) is 6.54 Å². The molecule has 2 N–H and O–H groups in total. The van der Waals surface area contributed by atoms with Crippen LogP contribution in [0.25, 0.3) is 0 Å². The molecule has 0 amide bonds. The topological polar surface area (TPSA) is 87.0 Å². The summed E-state index contributed by atoms with van der Waals surface area (Å²) < 4.78 is 1.61. The van der Waals surface area contributed by atoms with E-state index in [1.807, 2.05) is 25.1 Å². The number of imidazole rings is 1. The van der Waals surface area contributed by atoms with Crippen LogP contribution in [0, 0.1) is 24.0 Å². The molecule has 0 spiro atoms. The van der Waals surface area contributed by atoms with Crippen LogP contribution in [0.4, 0.5) is 11.5 Å². The average Bonchev–Trinajstić information content (AvgIpc) is 2.74. The fraction of sp³-hybridized carbons (Fsp3) is 0.308. The first kappa shape index (κ1) is 14.4. The minimum Gasteiger partial charge on any atom is -0.398 e. The van der Waals surface area contributed by atoms with E-state index in [1.165, 1.54) is 6.20 Å². The number of nitrogen functional groups attached to an aromatic ring is 1. The monoisotopic (exact) mass is 292 g/mol. The third kappa shape index (κ3) is 3.11. The fourth-order valence-corrected chi connectivity index (χ4v) is 2.81. The largest absolute Gasteiger partial charge is 0.398 e. The van der Waals surface area contributed by atoms with Gasteiger partial charge in [-0.1, -0.05) is 6.07 Å². The van der Waals surface area contributed by atoms with Gasteiger partial charge in [-0.05, 0) is 29.5 Å². The molecular weight excluding hydrogens is 276 g/mol. The lowest BCUT2D eigenvalue weighted by molar-refractivity contribution is -0.392. The third-order valence-corrected chi connectivity index (χ3v) is 4.03. The van der Waals surface area contributed by atoms with Gasteiger partial charge < -0.3 is 15.8 Å². The van der Waals surface area contributed by atoms with Crippen molar-refractivity contribution in [1.29, 1.82) is 0 Å². The highest BCUT2D eigenvalue weighted by atomic mass is 32.2. The number of hydrogen-bond acceptors (Lipinski definition) is 5. The summed E-state index contributed by atoms with van der Waals surface area (Å²) in [7, 11) is 0. The van der Waals surface area contributed by atoms with Crippen molar-refractivity contribution in [2.45, 2.75) is 25.3 Å². The highest BCUT2D eigenvalue weighted by Crippen LogP contribution is 2.26. The summed E-state index contributed by atoms with van der Waals surface area (Å²) in [6.07, 6.45) is 1.29. The maximum Gasteiger partial charge on any atom is 0.342 e. The smallest absolute Gasteiger partial charge is 0.342 e. The summed E-state index contributed by atoms with van der Waals surface area (Å²) in [6, 6.07) is 5.90. The van der Waals surface area contributed by atoms with Gasteiger partial charge in [0.05, 0.1) is 0 Å². The first-order valence-electron chi connectivity index (χ1n) is 6.14. The van der Waals surface area contributed by atoms with Gasteiger partial charge in [-0.3, -0.25) is 0 Å². The van der Waals surface area contributed by atoms with E-state index < -0.39 is 4.92 Å². The molecule has 7 heteroatoms. The Kier molecular flexibility index (Phi) is 4.29. The van der Waals surface area contributed by atoms with E-state index in [2.05, 4.69) is 4.98 Å². The minimum absolute atomic E-state index is 0.0278. The maximum atomic E-state index is 10.9. The first-order valence-corrected chi connectivity index (χ1v) is 7.13. The van der Waals surface area contributed by atoms with Gasteiger partial charge >= 0.3 is 5.82 Å². The fourth-order valence-electron chi connectivity index (χ4n) is 1.92. The number of nitrogens with zero attached hydrogens (tertiary/aromatic N) is 3. The van der Waals surface area contributed by atoms with Crippen LogP contribution in [0.2, 0.25) is 0 Å². The molecule has 106 valence electrons. The first-order chi connectivity index (χ1) is 9.49. The molecule has 0 aliphatic carbocycles. The number of nitrogens with two attached hydrogens (primary N) is 1. The third-order valence-electron chi connectivity index (χ3n) is 2.96. The molecule has 0 aliphatic rings. The number of benzene rings is 1. The zero-order valence-electron chi connectivity index (χ0n) is 11.4. The Balaban J connectivity index is 2.03. The summed E-state index contributed by atoms with van der Waals surface area (Å²) in [5, 5.41) is 10.9. The Hall–Kier alpha value is -2.02. The van der Waals surface area contributed by atoms with Gasteiger partial charge in [0, 0.05) is 23.3 Å². The van der Waals surface area contributed by atoms with Crippen LogP contribution in [-0.4, -0.2) is 20.2 Å². The van der Waals surface area contributed by atoms with Crippen LogP contribution in [0.15, 0.2) is 29.3 Å². The molecule has 1 aromatic carbocycles. The number of rotatable bonds is 5. The van der Waals surface area contributed by atoms with Crippen molar-refractivity contribution in [3.63, 3.8) is 0 Å². The molecule has 0 saturated heterocycles. The molecular formula is C13H16N4O2S. The van der Waals surface area contributed by atoms with Crippen LogP contribution < -0.4 is 5.73 Å². The average molecular weight is 292 g/mol. The summed E-state index contributed by atoms with van der Waals surface area (Å²) in [4.78, 5) is 15.4. The zero-order chi connectivity index (χ0) is 14.7. The number of aryl methyl sites for hydroxylation is 2. The van der Waals surface area contributed by atoms with E-state index in [9.17, 15) is 10.1 Å². The second kappa shape index (κ2) is 5.96. The minimum atomic E-state index is -0.412. The van der Waals surface area contributed by atoms with E-state index >= 15 is 0 Å². The molecule has 2 rings (SSSR count). The summed E-state index contributed by atoms with van der Waals surface area (Å²) in [5.74, 6) is 1.37. The molecule has 0 atom stereocenters. The highest BCUT2D eigenvalue weighted by Gasteiger charge is 2.16. The molecule has 0 aliphatic heterocycles. The summed E-state index contributed by atoms with van der Waals surface area (Å²) in [6.45, 7) is 4.28. The molecule has 0 fully saturated rings. The van der Waals surface area contributed by atoms with Crippen LogP contribution >= 0.6 is 11.8 Å². The molecule has 0 bridgehead atoms. The van der Waals surface area contributed by atoms with E-state index in [1.54, 1.807) is 23.3 Å². The molecule has 1 aromatic heterocycles. The van der Waals surface area contributed by atoms with Crippen LogP contribution in [0.3, 0.4) is 0 Å². The lowest BCUT2D eigenvalue weighted by Crippen LogP contribution is -2.07. The Labute approximate surface area is 121 Å². The van der Waals surface area contributed by atoms with Crippen LogP contribution in [0.5, 0.6) is 0 Å². The number of thioether (sulfide) groups is 1. The molecule has 1 heterocycles. The predicted octanol–water partition coefficient (Wildman–Crippen LogP) is 2.78. The van der Waals surface area contributed by atoms with Crippen LogP contribution in [0.1, 0.15) is 11.4 Å². The normalized spacial score (nSPS) is 10.7. The van der Waals surface area contributed by atoms with Gasteiger partial charge in [-0.2, -0.15) is 0 Å². The van der Waals surface area contributed by atoms with Gasteiger partial charge in [0.15, 0.2) is 5.82 Å². The number of anilines is 1. The lowest BCUT2D eigenvalue weighted by atomic mass is 10.2. The van der Waals surface area contributed by atoms with Crippen molar-refractivity contribution in [3.05, 3.63) is 45.9 Å². The second-order valence-corrected chi connectivity index (χ2v) is 5.60. The molecule has 0 saturated carbocycles. The van der Waals surface area contributed by atoms with E-state index in [0.717, 1.165) is 16.1 Å². The maximum absolute atomic E-state index is 10.9. The molecule has 20 heavy (non-hydrogen) atoms. The van der Waals surface area contributed by atoms with Crippen molar-refractivity contribution >= 4 is 23.3 Å². The van der Waals surface area contributed by atoms with Crippen molar-refractivity contribution in [2.75, 3.05) is 11.5 Å². The van der Waals surface area contributed by atoms with E-state index in [4.69, 9.17) is 5.73 Å². The number of nitro groups is 1. The molecule has 2 aromatic rings. The predicted molar refractivity (Wildman–Crippen MR) is 79.9 cm³/mol. The van der Waals surface area contributed by atoms with Gasteiger partial charge in [0.25, 0.3) is 0 Å². The molecule has 6 nitrogen and oxygen atoms in total. The van der Waals surface area contributed by atoms with Gasteiger partial charge in [-0.15, -0.1) is 11.8 Å². The van der Waals surface area contributed by atoms with Crippen molar-refractivity contribution in [1.82, 2.24) is 9.55 Å². The van der Waals surface area contributed by atoms with Gasteiger partial charge in [-0.25, -0.2) is 9.55 Å². The number of aromatic nitrogens is 2. The van der Waals surface area contributed by atoms with Gasteiger partial charge in [0.2, 0.25) is 0 Å². The molecule has 0 radical (unpaired) electrons. The second-order valence-electron chi connectivity index (χ2n) is 4.46. The summed E-state index contributed by atoms with van der Waals surface area (Å²) >= 11 is 1.59. The molecule has 0 unspecified atom stereocenters. The Bertz CT molecular complexity index is 639. The van der Waals surface area contributed by atoms with Crippen molar-refractivity contribution in [2.24, 2.45) is 0 Å². The van der Waals surface area contributed by atoms with E-state index in [0.29, 0.717) is 18.1 Å².